The maximum absolute atomic E-state index is 12.0. The molecular formula is C17H21ClN4O2. The van der Waals surface area contributed by atoms with Gasteiger partial charge in [0.15, 0.2) is 0 Å². The summed E-state index contributed by atoms with van der Waals surface area (Å²) >= 11 is 5.82. The topological polar surface area (TPSA) is 79.2 Å². The normalized spacial score (nSPS) is 15.6. The lowest BCUT2D eigenvalue weighted by Gasteiger charge is -2.22. The van der Waals surface area contributed by atoms with E-state index in [1.807, 2.05) is 6.07 Å². The lowest BCUT2D eigenvalue weighted by Crippen LogP contribution is -2.33. The molecule has 1 heterocycles. The predicted molar refractivity (Wildman–Crippen MR) is 93.2 cm³/mol. The van der Waals surface area contributed by atoms with E-state index in [0.29, 0.717) is 22.3 Å². The monoisotopic (exact) mass is 348 g/mol. The number of nitrogens with one attached hydrogen (secondary N) is 2. The molecule has 1 aromatic heterocycles. The van der Waals surface area contributed by atoms with Crippen LogP contribution in [0.15, 0.2) is 30.3 Å². The quantitative estimate of drug-likeness (QED) is 0.776. The van der Waals surface area contributed by atoms with Gasteiger partial charge in [0.05, 0.1) is 11.8 Å². The zero-order chi connectivity index (χ0) is 17.1. The first-order chi connectivity index (χ1) is 11.5. The van der Waals surface area contributed by atoms with Crippen molar-refractivity contribution >= 4 is 23.4 Å². The summed E-state index contributed by atoms with van der Waals surface area (Å²) in [5, 5.41) is 20.6. The Morgan fingerprint density at radius 1 is 1.42 bits per heavy atom. The van der Waals surface area contributed by atoms with Gasteiger partial charge in [-0.2, -0.15) is 5.10 Å². The third kappa shape index (κ3) is 3.88. The molecule has 1 atom stereocenters. The van der Waals surface area contributed by atoms with Gasteiger partial charge in [0.2, 0.25) is 0 Å². The van der Waals surface area contributed by atoms with Crippen LogP contribution >= 0.6 is 11.6 Å². The van der Waals surface area contributed by atoms with Crippen molar-refractivity contribution in [1.82, 2.24) is 15.1 Å². The minimum Gasteiger partial charge on any atom is -0.387 e. The van der Waals surface area contributed by atoms with E-state index in [0.717, 1.165) is 18.5 Å². The van der Waals surface area contributed by atoms with Crippen LogP contribution in [0.5, 0.6) is 0 Å². The summed E-state index contributed by atoms with van der Waals surface area (Å²) in [5.41, 5.74) is 1.73. The average Bonchev–Trinajstić information content (AvgIpc) is 2.84. The highest BCUT2D eigenvalue weighted by Crippen LogP contribution is 2.36. The van der Waals surface area contributed by atoms with E-state index in [9.17, 15) is 9.90 Å². The number of hydrogen-bond acceptors (Lipinski definition) is 3. The van der Waals surface area contributed by atoms with Crippen molar-refractivity contribution in [2.24, 2.45) is 7.05 Å². The van der Waals surface area contributed by atoms with E-state index in [1.165, 1.54) is 6.42 Å². The summed E-state index contributed by atoms with van der Waals surface area (Å²) in [6, 6.07) is 8.43. The van der Waals surface area contributed by atoms with Gasteiger partial charge in [0.1, 0.15) is 5.82 Å². The molecule has 1 fully saturated rings. The van der Waals surface area contributed by atoms with E-state index in [-0.39, 0.29) is 12.6 Å². The van der Waals surface area contributed by atoms with Crippen LogP contribution in [0.3, 0.4) is 0 Å². The maximum Gasteiger partial charge on any atom is 0.320 e. The van der Waals surface area contributed by atoms with Crippen molar-refractivity contribution in [1.29, 1.82) is 0 Å². The summed E-state index contributed by atoms with van der Waals surface area (Å²) in [6.07, 6.45) is 2.78. The van der Waals surface area contributed by atoms with Crippen LogP contribution in [0.1, 0.15) is 42.5 Å². The second-order valence-electron chi connectivity index (χ2n) is 6.11. The molecule has 3 rings (SSSR count). The lowest BCUT2D eigenvalue weighted by molar-refractivity contribution is 0.175. The SMILES string of the molecule is Cn1nc(C2CCC2)cc1NC(=O)NCC(O)c1ccc(Cl)cc1. The molecular weight excluding hydrogens is 328 g/mol. The largest absolute Gasteiger partial charge is 0.387 e. The van der Waals surface area contributed by atoms with Crippen molar-refractivity contribution in [3.63, 3.8) is 0 Å². The van der Waals surface area contributed by atoms with Crippen LogP contribution in [-0.2, 0) is 7.05 Å². The summed E-state index contributed by atoms with van der Waals surface area (Å²) in [5.74, 6) is 1.16. The van der Waals surface area contributed by atoms with Gasteiger partial charge < -0.3 is 10.4 Å². The zero-order valence-corrected chi connectivity index (χ0v) is 14.3. The van der Waals surface area contributed by atoms with Crippen LogP contribution in [0.25, 0.3) is 0 Å². The number of aromatic nitrogens is 2. The van der Waals surface area contributed by atoms with Crippen LogP contribution < -0.4 is 10.6 Å². The molecule has 0 radical (unpaired) electrons. The molecule has 2 aromatic rings. The molecule has 3 N–H and O–H groups in total. The van der Waals surface area contributed by atoms with E-state index in [1.54, 1.807) is 36.0 Å². The Morgan fingerprint density at radius 3 is 2.75 bits per heavy atom. The molecule has 1 aromatic carbocycles. The molecule has 2 amide bonds. The van der Waals surface area contributed by atoms with Gasteiger partial charge in [-0.25, -0.2) is 4.79 Å². The number of rotatable bonds is 5. The Bertz CT molecular complexity index is 710. The maximum atomic E-state index is 12.0. The fourth-order valence-electron chi connectivity index (χ4n) is 2.66. The number of halogens is 1. The minimum absolute atomic E-state index is 0.112. The number of amides is 2. The van der Waals surface area contributed by atoms with Gasteiger partial charge in [-0.05, 0) is 30.5 Å². The molecule has 0 bridgehead atoms. The number of anilines is 1. The molecule has 1 saturated carbocycles. The van der Waals surface area contributed by atoms with Crippen molar-refractivity contribution in [2.75, 3.05) is 11.9 Å². The van der Waals surface area contributed by atoms with E-state index >= 15 is 0 Å². The lowest BCUT2D eigenvalue weighted by atomic mass is 9.83. The van der Waals surface area contributed by atoms with Gasteiger partial charge in [-0.1, -0.05) is 30.2 Å². The zero-order valence-electron chi connectivity index (χ0n) is 13.5. The summed E-state index contributed by atoms with van der Waals surface area (Å²) in [7, 11) is 1.81. The highest BCUT2D eigenvalue weighted by Gasteiger charge is 2.23. The summed E-state index contributed by atoms with van der Waals surface area (Å²) in [4.78, 5) is 12.0. The van der Waals surface area contributed by atoms with Crippen LogP contribution in [-0.4, -0.2) is 27.5 Å². The molecule has 1 aliphatic rings. The Labute approximate surface area is 145 Å². The molecule has 128 valence electrons. The number of aryl methyl sites for hydroxylation is 1. The first-order valence-electron chi connectivity index (χ1n) is 8.05. The predicted octanol–water partition coefficient (Wildman–Crippen LogP) is 3.20. The van der Waals surface area contributed by atoms with Crippen molar-refractivity contribution < 1.29 is 9.90 Å². The smallest absolute Gasteiger partial charge is 0.320 e. The van der Waals surface area contributed by atoms with Crippen LogP contribution in [0.2, 0.25) is 5.02 Å². The summed E-state index contributed by atoms with van der Waals surface area (Å²) < 4.78 is 1.67. The third-order valence-corrected chi connectivity index (χ3v) is 4.63. The number of aliphatic hydroxyl groups excluding tert-OH is 1. The van der Waals surface area contributed by atoms with Gasteiger partial charge in [0, 0.05) is 30.6 Å². The first kappa shape index (κ1) is 16.8. The Balaban J connectivity index is 1.52. The molecule has 24 heavy (non-hydrogen) atoms. The number of benzene rings is 1. The fraction of sp³-hybridized carbons (Fsp3) is 0.412. The minimum atomic E-state index is -0.787. The molecule has 7 heteroatoms. The summed E-state index contributed by atoms with van der Waals surface area (Å²) in [6.45, 7) is 0.112. The number of carbonyl (C=O) groups is 1. The van der Waals surface area contributed by atoms with Crippen molar-refractivity contribution in [3.8, 4) is 0 Å². The van der Waals surface area contributed by atoms with Crippen LogP contribution in [0, 0.1) is 0 Å². The van der Waals surface area contributed by atoms with Gasteiger partial charge in [0.25, 0.3) is 0 Å². The molecule has 6 nitrogen and oxygen atoms in total. The average molecular weight is 349 g/mol. The number of nitrogens with zero attached hydrogens (tertiary/aromatic N) is 2. The Kier molecular flexibility index (Phi) is 5.06. The highest BCUT2D eigenvalue weighted by atomic mass is 35.5. The second kappa shape index (κ2) is 7.23. The fourth-order valence-corrected chi connectivity index (χ4v) is 2.79. The van der Waals surface area contributed by atoms with Gasteiger partial charge in [-0.15, -0.1) is 0 Å². The number of hydrogen-bond donors (Lipinski definition) is 3. The van der Waals surface area contributed by atoms with E-state index in [4.69, 9.17) is 11.6 Å². The van der Waals surface area contributed by atoms with Crippen LogP contribution in [0.4, 0.5) is 10.6 Å². The Hall–Kier alpha value is -2.05. The third-order valence-electron chi connectivity index (χ3n) is 4.37. The first-order valence-corrected chi connectivity index (χ1v) is 8.43. The number of carbonyl (C=O) groups excluding carboxylic acids is 1. The van der Waals surface area contributed by atoms with E-state index in [2.05, 4.69) is 15.7 Å². The number of aliphatic hydroxyl groups is 1. The molecule has 1 aliphatic carbocycles. The van der Waals surface area contributed by atoms with Gasteiger partial charge in [-0.3, -0.25) is 10.00 Å². The van der Waals surface area contributed by atoms with Crippen molar-refractivity contribution in [2.45, 2.75) is 31.3 Å². The standard InChI is InChI=1S/C17H21ClN4O2/c1-22-16(9-14(21-22)11-3-2-4-11)20-17(24)19-10-15(23)12-5-7-13(18)8-6-12/h5-9,11,15,23H,2-4,10H2,1H3,(H2,19,20,24). The highest BCUT2D eigenvalue weighted by molar-refractivity contribution is 6.30. The van der Waals surface area contributed by atoms with E-state index < -0.39 is 6.10 Å². The van der Waals surface area contributed by atoms with Gasteiger partial charge >= 0.3 is 6.03 Å². The molecule has 1 unspecified atom stereocenters. The number of urea groups is 1. The second-order valence-corrected chi connectivity index (χ2v) is 6.54. The molecule has 0 aliphatic heterocycles. The molecule has 0 saturated heterocycles. The Morgan fingerprint density at radius 2 is 2.12 bits per heavy atom. The molecule has 0 spiro atoms. The van der Waals surface area contributed by atoms with Crippen molar-refractivity contribution in [3.05, 3.63) is 46.6 Å².